The topological polar surface area (TPSA) is 118 Å². The van der Waals surface area contributed by atoms with Crippen molar-refractivity contribution in [1.29, 1.82) is 0 Å². The first-order chi connectivity index (χ1) is 15.8. The number of amides is 4. The summed E-state index contributed by atoms with van der Waals surface area (Å²) in [4.78, 5) is 44.4. The lowest BCUT2D eigenvalue weighted by atomic mass is 10.1. The summed E-state index contributed by atoms with van der Waals surface area (Å²) < 4.78 is 19.5. The van der Waals surface area contributed by atoms with E-state index in [1.807, 2.05) is 0 Å². The molecule has 3 heterocycles. The number of hydrogen-bond donors (Lipinski definition) is 2. The molecule has 0 aliphatic carbocycles. The number of urea groups is 1. The Morgan fingerprint density at radius 1 is 1.39 bits per heavy atom. The second-order valence-corrected chi connectivity index (χ2v) is 8.00. The molecular formula is C20H22ClFN6O5. The van der Waals surface area contributed by atoms with Gasteiger partial charge in [0.25, 0.3) is 5.91 Å². The van der Waals surface area contributed by atoms with Crippen molar-refractivity contribution in [2.75, 3.05) is 32.6 Å². The minimum absolute atomic E-state index is 0.0967. The molecule has 2 aliphatic rings. The van der Waals surface area contributed by atoms with Crippen LogP contribution in [0.3, 0.4) is 0 Å². The van der Waals surface area contributed by atoms with Crippen LogP contribution < -0.4 is 10.6 Å². The first-order valence-corrected chi connectivity index (χ1v) is 10.5. The van der Waals surface area contributed by atoms with E-state index in [1.54, 1.807) is 4.68 Å². The number of aromatic nitrogens is 2. The van der Waals surface area contributed by atoms with Gasteiger partial charge in [0.1, 0.15) is 17.6 Å². The molecule has 0 fully saturated rings. The molecule has 2 aromatic rings. The lowest BCUT2D eigenvalue weighted by Crippen LogP contribution is -2.40. The minimum Gasteiger partial charge on any atom is -0.453 e. The van der Waals surface area contributed by atoms with Gasteiger partial charge in [0.2, 0.25) is 0 Å². The maximum atomic E-state index is 13.4. The summed E-state index contributed by atoms with van der Waals surface area (Å²) >= 11 is 5.78. The SMILES string of the molecule is COC(=O)NCC1Cn2nc3c(c2C(=O)N(C)O1)CN(C(=O)Nc1ccc(F)c(Cl)c1)CC3. The Morgan fingerprint density at radius 3 is 2.91 bits per heavy atom. The molecule has 0 bridgehead atoms. The van der Waals surface area contributed by atoms with Gasteiger partial charge in [-0.25, -0.2) is 19.0 Å². The molecule has 1 aromatic carbocycles. The number of hydrogen-bond acceptors (Lipinski definition) is 6. The van der Waals surface area contributed by atoms with Crippen LogP contribution in [0.1, 0.15) is 21.7 Å². The van der Waals surface area contributed by atoms with Crippen molar-refractivity contribution in [3.63, 3.8) is 0 Å². The van der Waals surface area contributed by atoms with E-state index < -0.39 is 30.0 Å². The van der Waals surface area contributed by atoms with Crippen molar-refractivity contribution in [3.8, 4) is 0 Å². The highest BCUT2D eigenvalue weighted by atomic mass is 35.5. The smallest absolute Gasteiger partial charge is 0.406 e. The summed E-state index contributed by atoms with van der Waals surface area (Å²) in [7, 11) is 2.74. The summed E-state index contributed by atoms with van der Waals surface area (Å²) in [6.45, 7) is 0.889. The number of carbonyl (C=O) groups excluding carboxylic acids is 3. The molecule has 0 radical (unpaired) electrons. The summed E-state index contributed by atoms with van der Waals surface area (Å²) in [5, 5.41) is 10.8. The molecule has 4 rings (SSSR count). The zero-order valence-corrected chi connectivity index (χ0v) is 18.7. The summed E-state index contributed by atoms with van der Waals surface area (Å²) in [6.07, 6.45) is -0.709. The van der Waals surface area contributed by atoms with Crippen molar-refractivity contribution >= 4 is 35.3 Å². The Morgan fingerprint density at radius 2 is 2.18 bits per heavy atom. The molecule has 2 N–H and O–H groups in total. The maximum Gasteiger partial charge on any atom is 0.406 e. The molecule has 1 atom stereocenters. The zero-order valence-electron chi connectivity index (χ0n) is 17.9. The highest BCUT2D eigenvalue weighted by molar-refractivity contribution is 6.31. The quantitative estimate of drug-likeness (QED) is 0.694. The molecule has 33 heavy (non-hydrogen) atoms. The van der Waals surface area contributed by atoms with Crippen molar-refractivity contribution < 1.29 is 28.3 Å². The van der Waals surface area contributed by atoms with Crippen LogP contribution in [0.25, 0.3) is 0 Å². The van der Waals surface area contributed by atoms with Crippen molar-refractivity contribution in [3.05, 3.63) is 46.0 Å². The maximum absolute atomic E-state index is 13.4. The average Bonchev–Trinajstić information content (AvgIpc) is 3.10. The van der Waals surface area contributed by atoms with Crippen LogP contribution in [0.5, 0.6) is 0 Å². The van der Waals surface area contributed by atoms with E-state index in [1.165, 1.54) is 37.3 Å². The molecule has 0 saturated heterocycles. The van der Waals surface area contributed by atoms with Crippen molar-refractivity contribution in [1.82, 2.24) is 25.1 Å². The van der Waals surface area contributed by atoms with E-state index in [9.17, 15) is 18.8 Å². The highest BCUT2D eigenvalue weighted by Crippen LogP contribution is 2.27. The molecular weight excluding hydrogens is 459 g/mol. The summed E-state index contributed by atoms with van der Waals surface area (Å²) in [5.41, 5.74) is 2.05. The average molecular weight is 481 g/mol. The van der Waals surface area contributed by atoms with Crippen molar-refractivity contribution in [2.24, 2.45) is 0 Å². The van der Waals surface area contributed by atoms with Gasteiger partial charge in [-0.15, -0.1) is 0 Å². The second-order valence-electron chi connectivity index (χ2n) is 7.59. The van der Waals surface area contributed by atoms with Gasteiger partial charge >= 0.3 is 12.1 Å². The third-order valence-electron chi connectivity index (χ3n) is 5.39. The van der Waals surface area contributed by atoms with E-state index in [0.29, 0.717) is 29.9 Å². The van der Waals surface area contributed by atoms with Gasteiger partial charge in [-0.2, -0.15) is 5.10 Å². The Kier molecular flexibility index (Phi) is 6.38. The Labute approximate surface area is 193 Å². The normalized spacial score (nSPS) is 17.7. The molecule has 0 saturated carbocycles. The predicted molar refractivity (Wildman–Crippen MR) is 114 cm³/mol. The molecule has 0 spiro atoms. The number of alkyl carbamates (subject to hydrolysis) is 1. The van der Waals surface area contributed by atoms with E-state index in [0.717, 1.165) is 10.8 Å². The highest BCUT2D eigenvalue weighted by Gasteiger charge is 2.35. The molecule has 4 amide bonds. The van der Waals surface area contributed by atoms with Crippen LogP contribution in [0.15, 0.2) is 18.2 Å². The standard InChI is InChI=1S/C20H22ClFN6O5/c1-26-18(29)17-13-10-27(19(30)24-11-3-4-15(22)14(21)7-11)6-5-16(13)25-28(17)9-12(33-26)8-23-20(31)32-2/h3-4,7,12H,5-6,8-10H2,1-2H3,(H,23,31)(H,24,30). The van der Waals surface area contributed by atoms with Crippen LogP contribution in [0, 0.1) is 5.82 Å². The third kappa shape index (κ3) is 4.71. The fraction of sp³-hybridized carbons (Fsp3) is 0.400. The number of nitrogens with one attached hydrogen (secondary N) is 2. The van der Waals surface area contributed by atoms with E-state index in [-0.39, 0.29) is 24.7 Å². The largest absolute Gasteiger partial charge is 0.453 e. The number of hydroxylamine groups is 2. The molecule has 13 heteroatoms. The first kappa shape index (κ1) is 22.8. The molecule has 2 aliphatic heterocycles. The second kappa shape index (κ2) is 9.24. The van der Waals surface area contributed by atoms with Crippen molar-refractivity contribution in [2.45, 2.75) is 25.6 Å². The number of carbonyl (C=O) groups is 3. The third-order valence-corrected chi connectivity index (χ3v) is 5.68. The minimum atomic E-state index is -0.610. The van der Waals surface area contributed by atoms with E-state index in [2.05, 4.69) is 20.5 Å². The van der Waals surface area contributed by atoms with Crippen LogP contribution in [-0.2, 0) is 29.1 Å². The molecule has 176 valence electrons. The molecule has 1 unspecified atom stereocenters. The molecule has 11 nitrogen and oxygen atoms in total. The van der Waals surface area contributed by atoms with Crippen LogP contribution in [0.4, 0.5) is 19.7 Å². The van der Waals surface area contributed by atoms with Gasteiger partial charge in [0.05, 0.1) is 37.5 Å². The number of nitrogens with zero attached hydrogens (tertiary/aromatic N) is 4. The Balaban J connectivity index is 1.52. The number of fused-ring (bicyclic) bond motifs is 3. The van der Waals surface area contributed by atoms with Gasteiger partial charge in [0, 0.05) is 31.3 Å². The fourth-order valence-electron chi connectivity index (χ4n) is 3.77. The summed E-state index contributed by atoms with van der Waals surface area (Å²) in [6, 6.07) is 3.51. The van der Waals surface area contributed by atoms with Gasteiger partial charge < -0.3 is 20.3 Å². The van der Waals surface area contributed by atoms with Gasteiger partial charge in [-0.1, -0.05) is 11.6 Å². The Bertz CT molecular complexity index is 1110. The Hall–Kier alpha value is -3.38. The van der Waals surface area contributed by atoms with Crippen LogP contribution >= 0.6 is 11.6 Å². The summed E-state index contributed by atoms with van der Waals surface area (Å²) in [5.74, 6) is -0.985. The number of benzene rings is 1. The monoisotopic (exact) mass is 480 g/mol. The van der Waals surface area contributed by atoms with Gasteiger partial charge in [-0.3, -0.25) is 14.3 Å². The fourth-order valence-corrected chi connectivity index (χ4v) is 3.95. The number of methoxy groups -OCH3 is 1. The number of ether oxygens (including phenoxy) is 1. The lowest BCUT2D eigenvalue weighted by Gasteiger charge is -2.27. The van der Waals surface area contributed by atoms with Gasteiger partial charge in [-0.05, 0) is 18.2 Å². The van der Waals surface area contributed by atoms with Crippen LogP contribution in [-0.4, -0.2) is 71.1 Å². The lowest BCUT2D eigenvalue weighted by molar-refractivity contribution is -0.146. The van der Waals surface area contributed by atoms with Crippen LogP contribution in [0.2, 0.25) is 5.02 Å². The zero-order chi connectivity index (χ0) is 23.7. The number of rotatable bonds is 3. The molecule has 1 aromatic heterocycles. The number of anilines is 1. The first-order valence-electron chi connectivity index (χ1n) is 10.1. The number of halogens is 2. The van der Waals surface area contributed by atoms with E-state index in [4.69, 9.17) is 16.4 Å². The van der Waals surface area contributed by atoms with E-state index >= 15 is 0 Å². The predicted octanol–water partition coefficient (Wildman–Crippen LogP) is 2.01. The van der Waals surface area contributed by atoms with Gasteiger partial charge in [0.15, 0.2) is 0 Å².